The lowest BCUT2D eigenvalue weighted by molar-refractivity contribution is 0.0978. The molecule has 0 radical (unpaired) electrons. The number of furan rings is 1. The zero-order valence-electron chi connectivity index (χ0n) is 17.6. The second kappa shape index (κ2) is 7.74. The Bertz CT molecular complexity index is 1080. The maximum absolute atomic E-state index is 9.59. The second-order valence-corrected chi connectivity index (χ2v) is 8.36. The minimum absolute atomic E-state index is 0.505. The van der Waals surface area contributed by atoms with Crippen LogP contribution in [0.4, 0.5) is 5.88 Å². The third-order valence-corrected chi connectivity index (χ3v) is 6.55. The molecule has 2 fully saturated rings. The van der Waals surface area contributed by atoms with Crippen molar-refractivity contribution in [2.45, 2.75) is 18.9 Å². The van der Waals surface area contributed by atoms with Gasteiger partial charge in [-0.1, -0.05) is 0 Å². The fourth-order valence-electron chi connectivity index (χ4n) is 4.72. The predicted molar refractivity (Wildman–Crippen MR) is 115 cm³/mol. The number of piperidine rings is 1. The highest BCUT2D eigenvalue weighted by Crippen LogP contribution is 2.35. The Labute approximate surface area is 176 Å². The Morgan fingerprint density at radius 1 is 1.03 bits per heavy atom. The first-order chi connectivity index (χ1) is 14.6. The van der Waals surface area contributed by atoms with Gasteiger partial charge in [-0.05, 0) is 26.0 Å². The van der Waals surface area contributed by atoms with E-state index in [2.05, 4.69) is 37.9 Å². The molecule has 0 N–H and O–H groups in total. The molecule has 5 heterocycles. The molecule has 0 amide bonds. The molecule has 2 saturated heterocycles. The molecule has 0 aromatic carbocycles. The van der Waals surface area contributed by atoms with Crippen molar-refractivity contribution >= 4 is 16.9 Å². The summed E-state index contributed by atoms with van der Waals surface area (Å²) in [6.07, 6.45) is 5.67. The molecular formula is C22H27N7O. The number of aryl methyl sites for hydroxylation is 1. The molecule has 8 heteroatoms. The first-order valence-corrected chi connectivity index (χ1v) is 10.6. The molecule has 156 valence electrons. The summed E-state index contributed by atoms with van der Waals surface area (Å²) in [6.45, 7) is 6.66. The van der Waals surface area contributed by atoms with Crippen LogP contribution in [0.15, 0.2) is 28.9 Å². The molecule has 2 aliphatic rings. The summed E-state index contributed by atoms with van der Waals surface area (Å²) in [5.74, 6) is 1.57. The summed E-state index contributed by atoms with van der Waals surface area (Å²) in [7, 11) is 4.05. The highest BCUT2D eigenvalue weighted by atomic mass is 16.4. The summed E-state index contributed by atoms with van der Waals surface area (Å²) in [5, 5.41) is 14.7. The van der Waals surface area contributed by atoms with Gasteiger partial charge in [-0.3, -0.25) is 9.58 Å². The number of hydrogen-bond acceptors (Lipinski definition) is 7. The molecule has 0 aliphatic carbocycles. The number of hydrogen-bond donors (Lipinski definition) is 0. The molecule has 3 aromatic rings. The molecule has 30 heavy (non-hydrogen) atoms. The van der Waals surface area contributed by atoms with E-state index in [1.54, 1.807) is 17.1 Å². The van der Waals surface area contributed by atoms with E-state index in [4.69, 9.17) is 4.42 Å². The second-order valence-electron chi connectivity index (χ2n) is 8.36. The van der Waals surface area contributed by atoms with Crippen molar-refractivity contribution in [3.05, 3.63) is 30.1 Å². The quantitative estimate of drug-likeness (QED) is 0.662. The third-order valence-electron chi connectivity index (χ3n) is 6.55. The maximum Gasteiger partial charge on any atom is 0.196 e. The standard InChI is InChI=1S/C22H27N7O/c1-26-9-11-28(12-10-26)17-5-7-29(8-6-17)20-4-3-19(30-20)21-16(13-23)14-24-22-18(21)15-25-27(22)2/h3-4,14-15,17H,5-12H2,1-2H3. The Morgan fingerprint density at radius 2 is 1.80 bits per heavy atom. The minimum Gasteiger partial charge on any atom is -0.440 e. The van der Waals surface area contributed by atoms with Gasteiger partial charge in [0.25, 0.3) is 0 Å². The van der Waals surface area contributed by atoms with Gasteiger partial charge in [-0.15, -0.1) is 0 Å². The largest absolute Gasteiger partial charge is 0.440 e. The SMILES string of the molecule is CN1CCN(C2CCN(c3ccc(-c4c(C#N)cnc5c4cnn5C)o3)CC2)CC1. The Morgan fingerprint density at radius 3 is 2.53 bits per heavy atom. The van der Waals surface area contributed by atoms with Crippen molar-refractivity contribution in [1.82, 2.24) is 24.6 Å². The Kier molecular flexibility index (Phi) is 4.93. The van der Waals surface area contributed by atoms with Crippen LogP contribution in [0.1, 0.15) is 18.4 Å². The molecular weight excluding hydrogens is 378 g/mol. The predicted octanol–water partition coefficient (Wildman–Crippen LogP) is 2.32. The monoisotopic (exact) mass is 405 g/mol. The van der Waals surface area contributed by atoms with Crippen LogP contribution >= 0.6 is 0 Å². The van der Waals surface area contributed by atoms with E-state index in [1.165, 1.54) is 13.1 Å². The molecule has 0 unspecified atom stereocenters. The first kappa shape index (κ1) is 19.1. The van der Waals surface area contributed by atoms with E-state index >= 15 is 0 Å². The highest BCUT2D eigenvalue weighted by Gasteiger charge is 2.28. The van der Waals surface area contributed by atoms with E-state index < -0.39 is 0 Å². The molecule has 8 nitrogen and oxygen atoms in total. The number of aromatic nitrogens is 3. The molecule has 0 saturated carbocycles. The summed E-state index contributed by atoms with van der Waals surface area (Å²) in [5.41, 5.74) is 2.02. The number of rotatable bonds is 3. The van der Waals surface area contributed by atoms with Crippen LogP contribution in [0.5, 0.6) is 0 Å². The van der Waals surface area contributed by atoms with Crippen LogP contribution in [0, 0.1) is 11.3 Å². The lowest BCUT2D eigenvalue weighted by Crippen LogP contribution is -2.52. The lowest BCUT2D eigenvalue weighted by Gasteiger charge is -2.42. The van der Waals surface area contributed by atoms with Crippen molar-refractivity contribution in [2.75, 3.05) is 51.2 Å². The van der Waals surface area contributed by atoms with Crippen LogP contribution in [0.2, 0.25) is 0 Å². The Balaban J connectivity index is 1.34. The van der Waals surface area contributed by atoms with Gasteiger partial charge >= 0.3 is 0 Å². The fourth-order valence-corrected chi connectivity index (χ4v) is 4.72. The number of likely N-dealkylation sites (N-methyl/N-ethyl adjacent to an activating group) is 1. The molecule has 2 aliphatic heterocycles. The van der Waals surface area contributed by atoms with Crippen molar-refractivity contribution in [1.29, 1.82) is 5.26 Å². The zero-order valence-corrected chi connectivity index (χ0v) is 17.6. The summed E-state index contributed by atoms with van der Waals surface area (Å²) >= 11 is 0. The van der Waals surface area contributed by atoms with Crippen LogP contribution < -0.4 is 4.90 Å². The first-order valence-electron chi connectivity index (χ1n) is 10.6. The molecule has 0 bridgehead atoms. The number of anilines is 1. The van der Waals surface area contributed by atoms with Crippen molar-refractivity contribution in [2.24, 2.45) is 7.05 Å². The van der Waals surface area contributed by atoms with Gasteiger partial charge in [-0.25, -0.2) is 4.98 Å². The Hall–Kier alpha value is -2.89. The van der Waals surface area contributed by atoms with E-state index in [0.717, 1.165) is 61.5 Å². The summed E-state index contributed by atoms with van der Waals surface area (Å²) in [6, 6.07) is 6.90. The van der Waals surface area contributed by atoms with Gasteiger partial charge in [0, 0.05) is 70.2 Å². The number of fused-ring (bicyclic) bond motifs is 1. The zero-order chi connectivity index (χ0) is 20.7. The van der Waals surface area contributed by atoms with Gasteiger partial charge in [0.2, 0.25) is 0 Å². The maximum atomic E-state index is 9.59. The lowest BCUT2D eigenvalue weighted by atomic mass is 10.0. The highest BCUT2D eigenvalue weighted by molar-refractivity contribution is 5.94. The van der Waals surface area contributed by atoms with E-state index in [1.807, 2.05) is 19.2 Å². The van der Waals surface area contributed by atoms with Gasteiger partial charge in [0.05, 0.1) is 17.1 Å². The van der Waals surface area contributed by atoms with Gasteiger partial charge in [0.15, 0.2) is 11.5 Å². The smallest absolute Gasteiger partial charge is 0.196 e. The van der Waals surface area contributed by atoms with Crippen LogP contribution in [-0.2, 0) is 7.05 Å². The van der Waals surface area contributed by atoms with Gasteiger partial charge in [-0.2, -0.15) is 10.4 Å². The molecule has 3 aromatic heterocycles. The molecule has 0 spiro atoms. The topological polar surface area (TPSA) is 77.4 Å². The number of nitriles is 1. The summed E-state index contributed by atoms with van der Waals surface area (Å²) in [4.78, 5) is 11.8. The average Bonchev–Trinajstić information content (AvgIpc) is 3.41. The molecule has 5 rings (SSSR count). The van der Waals surface area contributed by atoms with Crippen molar-refractivity contribution in [3.8, 4) is 17.4 Å². The number of pyridine rings is 1. The molecule has 0 atom stereocenters. The van der Waals surface area contributed by atoms with Gasteiger partial charge in [0.1, 0.15) is 11.8 Å². The van der Waals surface area contributed by atoms with E-state index in [-0.39, 0.29) is 0 Å². The number of piperazine rings is 1. The van der Waals surface area contributed by atoms with Crippen molar-refractivity contribution in [3.63, 3.8) is 0 Å². The third kappa shape index (κ3) is 3.34. The van der Waals surface area contributed by atoms with Crippen LogP contribution in [0.25, 0.3) is 22.4 Å². The van der Waals surface area contributed by atoms with Crippen LogP contribution in [0.3, 0.4) is 0 Å². The summed E-state index contributed by atoms with van der Waals surface area (Å²) < 4.78 is 7.97. The van der Waals surface area contributed by atoms with E-state index in [9.17, 15) is 5.26 Å². The van der Waals surface area contributed by atoms with Crippen molar-refractivity contribution < 1.29 is 4.42 Å². The van der Waals surface area contributed by atoms with Crippen LogP contribution in [-0.4, -0.2) is 76.9 Å². The fraction of sp³-hybridized carbons (Fsp3) is 0.500. The van der Waals surface area contributed by atoms with E-state index in [0.29, 0.717) is 17.4 Å². The number of nitrogens with zero attached hydrogens (tertiary/aromatic N) is 7. The average molecular weight is 406 g/mol. The minimum atomic E-state index is 0.505. The normalized spacial score (nSPS) is 19.4. The van der Waals surface area contributed by atoms with Gasteiger partial charge < -0.3 is 14.2 Å².